The Hall–Kier alpha value is -2.63. The van der Waals surface area contributed by atoms with Crippen molar-refractivity contribution in [1.82, 2.24) is 4.67 Å². The van der Waals surface area contributed by atoms with Gasteiger partial charge in [-0.05, 0) is 29.6 Å². The molecule has 1 aromatic rings. The number of aryl methyl sites for hydroxylation is 1. The Balaban J connectivity index is 2.16. The number of aliphatic imine (C=N–C) groups is 1. The lowest BCUT2D eigenvalue weighted by molar-refractivity contribution is -0.110. The number of terminal acetylenes is 1. The van der Waals surface area contributed by atoms with Crippen molar-refractivity contribution >= 4 is 29.4 Å². The monoisotopic (exact) mass is 238 g/mol. The smallest absolute Gasteiger partial charge is 0.319 e. The van der Waals surface area contributed by atoms with Crippen molar-refractivity contribution in [3.8, 4) is 12.3 Å². The molecule has 0 bridgehead atoms. The third kappa shape index (κ3) is 2.37. The van der Waals surface area contributed by atoms with E-state index in [1.165, 1.54) is 6.21 Å². The molecule has 4 heteroatoms. The number of nitrogens with zero attached hydrogens (tertiary/aromatic N) is 2. The third-order valence-corrected chi connectivity index (χ3v) is 2.54. The first-order chi connectivity index (χ1) is 8.60. The molecule has 0 spiro atoms. The molecule has 88 valence electrons. The summed E-state index contributed by atoms with van der Waals surface area (Å²) in [4.78, 5) is 15.9. The number of carbonyl (C=O) groups excluding carboxylic acids is 1. The maximum Gasteiger partial charge on any atom is 0.387 e. The van der Waals surface area contributed by atoms with Crippen LogP contribution < -0.4 is 9.98 Å². The Morgan fingerprint density at radius 3 is 2.83 bits per heavy atom. The van der Waals surface area contributed by atoms with Crippen molar-refractivity contribution < 1.29 is 4.79 Å². The van der Waals surface area contributed by atoms with Crippen LogP contribution in [0.25, 0.3) is 0 Å². The van der Waals surface area contributed by atoms with Crippen LogP contribution in [0, 0.1) is 19.3 Å². The largest absolute Gasteiger partial charge is 0.387 e. The summed E-state index contributed by atoms with van der Waals surface area (Å²) in [6, 6.07) is 5.43. The first-order valence-electron chi connectivity index (χ1n) is 5.45. The Morgan fingerprint density at radius 1 is 1.44 bits per heavy atom. The van der Waals surface area contributed by atoms with Crippen LogP contribution in [0.15, 0.2) is 23.2 Å². The molecule has 18 heavy (non-hydrogen) atoms. The van der Waals surface area contributed by atoms with E-state index in [1.807, 2.05) is 13.0 Å². The summed E-state index contributed by atoms with van der Waals surface area (Å²) in [5, 5.41) is 2.74. The van der Waals surface area contributed by atoms with Crippen LogP contribution in [0.4, 0.5) is 5.69 Å². The van der Waals surface area contributed by atoms with Crippen LogP contribution >= 0.6 is 0 Å². The molecular weight excluding hydrogens is 226 g/mol. The number of benzene rings is 1. The van der Waals surface area contributed by atoms with Crippen LogP contribution in [-0.2, 0) is 4.79 Å². The number of carbonyl (C=O) groups is 1. The van der Waals surface area contributed by atoms with E-state index in [9.17, 15) is 4.79 Å². The zero-order valence-corrected chi connectivity index (χ0v) is 10.2. The molecule has 0 radical (unpaired) electrons. The van der Waals surface area contributed by atoms with Crippen molar-refractivity contribution in [2.45, 2.75) is 13.8 Å². The highest BCUT2D eigenvalue weighted by molar-refractivity contribution is 6.64. The maximum absolute atomic E-state index is 11.8. The molecule has 1 heterocycles. The van der Waals surface area contributed by atoms with E-state index < -0.39 is 0 Å². The van der Waals surface area contributed by atoms with Gasteiger partial charge in [0.1, 0.15) is 0 Å². The number of amides is 1. The van der Waals surface area contributed by atoms with Gasteiger partial charge in [0, 0.05) is 11.3 Å². The van der Waals surface area contributed by atoms with Gasteiger partial charge >= 0.3 is 11.7 Å². The van der Waals surface area contributed by atoms with E-state index in [2.05, 4.69) is 20.9 Å². The lowest BCUT2D eigenvalue weighted by Crippen LogP contribution is -2.23. The summed E-state index contributed by atoms with van der Waals surface area (Å²) in [5.74, 6) is 2.86. The topological polar surface area (TPSA) is 55.6 Å². The molecule has 0 atom stereocenters. The van der Waals surface area contributed by atoms with Gasteiger partial charge in [-0.1, -0.05) is 12.0 Å². The van der Waals surface area contributed by atoms with E-state index in [0.717, 1.165) is 11.1 Å². The predicted octanol–water partition coefficient (Wildman–Crippen LogP) is 0.926. The van der Waals surface area contributed by atoms with Gasteiger partial charge in [-0.25, -0.2) is 4.67 Å². The number of rotatable bonds is 2. The van der Waals surface area contributed by atoms with E-state index >= 15 is 0 Å². The fourth-order valence-corrected chi connectivity index (χ4v) is 1.55. The standard InChI is InChI=1S/C14H11N3O/c1-4-11-7-12(6-5-9(11)2)17-14(18)13-8-15-10(3)16-13/h1,5-8H,2-3H3/p+1. The van der Waals surface area contributed by atoms with Crippen LogP contribution in [0.5, 0.6) is 0 Å². The SMILES string of the molecule is C#Cc1cc(NC(=O)C2=NC(C)=[N+]=C2)ccc1C. The molecule has 0 saturated carbocycles. The van der Waals surface area contributed by atoms with Gasteiger partial charge in [0.2, 0.25) is 6.21 Å². The molecule has 1 amide bonds. The van der Waals surface area contributed by atoms with E-state index in [4.69, 9.17) is 6.42 Å². The summed E-state index contributed by atoms with van der Waals surface area (Å²) in [7, 11) is 0. The zero-order valence-electron chi connectivity index (χ0n) is 10.2. The summed E-state index contributed by atoms with van der Waals surface area (Å²) in [6.45, 7) is 3.66. The maximum atomic E-state index is 11.8. The molecule has 1 aliphatic heterocycles. The minimum absolute atomic E-state index is 0.289. The summed E-state index contributed by atoms with van der Waals surface area (Å²) >= 11 is 0. The molecule has 2 rings (SSSR count). The number of hydrogen-bond acceptors (Lipinski definition) is 2. The van der Waals surface area contributed by atoms with Crippen molar-refractivity contribution in [3.05, 3.63) is 29.3 Å². The van der Waals surface area contributed by atoms with Crippen molar-refractivity contribution in [1.29, 1.82) is 0 Å². The van der Waals surface area contributed by atoms with Gasteiger partial charge in [0.05, 0.1) is 6.92 Å². The Kier molecular flexibility index (Phi) is 3.09. The lowest BCUT2D eigenvalue weighted by Gasteiger charge is -2.04. The highest BCUT2D eigenvalue weighted by Gasteiger charge is 2.23. The fraction of sp³-hybridized carbons (Fsp3) is 0.143. The second kappa shape index (κ2) is 4.70. The summed E-state index contributed by atoms with van der Waals surface area (Å²) in [6.07, 6.45) is 6.83. The lowest BCUT2D eigenvalue weighted by atomic mass is 10.1. The van der Waals surface area contributed by atoms with Crippen LogP contribution in [0.2, 0.25) is 0 Å². The molecule has 1 N–H and O–H groups in total. The second-order valence-electron chi connectivity index (χ2n) is 3.93. The van der Waals surface area contributed by atoms with Crippen LogP contribution in [-0.4, -0.2) is 23.7 Å². The van der Waals surface area contributed by atoms with E-state index in [-0.39, 0.29) is 5.91 Å². The van der Waals surface area contributed by atoms with Gasteiger partial charge in [-0.3, -0.25) is 4.79 Å². The predicted molar refractivity (Wildman–Crippen MR) is 74.1 cm³/mol. The van der Waals surface area contributed by atoms with Gasteiger partial charge in [-0.15, -0.1) is 6.42 Å². The highest BCUT2D eigenvalue weighted by atomic mass is 16.1. The molecule has 0 aromatic heterocycles. The minimum atomic E-state index is -0.289. The number of anilines is 1. The third-order valence-electron chi connectivity index (χ3n) is 2.54. The van der Waals surface area contributed by atoms with Crippen molar-refractivity contribution in [2.24, 2.45) is 4.99 Å². The van der Waals surface area contributed by atoms with Gasteiger partial charge in [-0.2, -0.15) is 0 Å². The summed E-state index contributed by atoms with van der Waals surface area (Å²) in [5.41, 5.74) is 2.71. The molecular formula is C14H12N3O+. The molecule has 0 fully saturated rings. The first kappa shape index (κ1) is 11.8. The van der Waals surface area contributed by atoms with Crippen molar-refractivity contribution in [2.75, 3.05) is 5.32 Å². The van der Waals surface area contributed by atoms with E-state index in [0.29, 0.717) is 17.2 Å². The van der Waals surface area contributed by atoms with Gasteiger partial charge in [0.15, 0.2) is 0 Å². The normalized spacial score (nSPS) is 12.7. The molecule has 0 aliphatic carbocycles. The summed E-state index contributed by atoms with van der Waals surface area (Å²) < 4.78 is 3.92. The zero-order chi connectivity index (χ0) is 13.1. The Bertz CT molecular complexity index is 656. The highest BCUT2D eigenvalue weighted by Crippen LogP contribution is 2.14. The average Bonchev–Trinajstić information content (AvgIpc) is 2.78. The fourth-order valence-electron chi connectivity index (χ4n) is 1.55. The Morgan fingerprint density at radius 2 is 2.22 bits per heavy atom. The van der Waals surface area contributed by atoms with Crippen LogP contribution in [0.1, 0.15) is 18.1 Å². The minimum Gasteiger partial charge on any atom is -0.319 e. The number of amidine groups is 1. The number of nitrogens with one attached hydrogen (secondary N) is 1. The van der Waals surface area contributed by atoms with Crippen LogP contribution in [0.3, 0.4) is 0 Å². The van der Waals surface area contributed by atoms with E-state index in [1.54, 1.807) is 19.1 Å². The average molecular weight is 238 g/mol. The van der Waals surface area contributed by atoms with Crippen molar-refractivity contribution in [3.63, 3.8) is 0 Å². The first-order valence-corrected chi connectivity index (χ1v) is 5.45. The van der Waals surface area contributed by atoms with Gasteiger partial charge in [0.25, 0.3) is 5.71 Å². The molecule has 1 aliphatic rings. The molecule has 0 saturated heterocycles. The quantitative estimate of drug-likeness (QED) is 0.604. The molecule has 1 aromatic carbocycles. The molecule has 0 unspecified atom stereocenters. The Labute approximate surface area is 105 Å². The number of hydrogen-bond donors (Lipinski definition) is 1. The second-order valence-corrected chi connectivity index (χ2v) is 3.93. The molecule has 4 nitrogen and oxygen atoms in total. The van der Waals surface area contributed by atoms with Gasteiger partial charge < -0.3 is 5.32 Å².